The third-order valence-corrected chi connectivity index (χ3v) is 3.80. The van der Waals surface area contributed by atoms with Crippen molar-refractivity contribution in [2.45, 2.75) is 13.0 Å². The molecule has 0 bridgehead atoms. The summed E-state index contributed by atoms with van der Waals surface area (Å²) in [5.41, 5.74) is 1.26. The van der Waals surface area contributed by atoms with E-state index in [1.165, 1.54) is 12.1 Å². The third kappa shape index (κ3) is 3.66. The molecule has 0 aliphatic carbocycles. The van der Waals surface area contributed by atoms with Crippen molar-refractivity contribution in [2.75, 3.05) is 14.2 Å². The Kier molecular flexibility index (Phi) is 4.95. The van der Waals surface area contributed by atoms with E-state index in [4.69, 9.17) is 4.74 Å². The molecule has 0 aliphatic heterocycles. The largest absolute Gasteiger partial charge is 0.497 e. The van der Waals surface area contributed by atoms with Crippen LogP contribution in [-0.4, -0.2) is 29.9 Å². The van der Waals surface area contributed by atoms with Gasteiger partial charge >= 0.3 is 0 Å². The van der Waals surface area contributed by atoms with Gasteiger partial charge in [0.05, 0.1) is 18.1 Å². The van der Waals surface area contributed by atoms with Gasteiger partial charge in [0.15, 0.2) is 0 Å². The molecular formula is C17H18N2O4. The maximum absolute atomic E-state index is 12.5. The Hall–Kier alpha value is -2.89. The summed E-state index contributed by atoms with van der Waals surface area (Å²) >= 11 is 0. The monoisotopic (exact) mass is 314 g/mol. The molecule has 120 valence electrons. The Labute approximate surface area is 134 Å². The van der Waals surface area contributed by atoms with Gasteiger partial charge in [-0.1, -0.05) is 12.1 Å². The topological polar surface area (TPSA) is 72.7 Å². The van der Waals surface area contributed by atoms with Crippen molar-refractivity contribution in [3.05, 3.63) is 69.8 Å². The summed E-state index contributed by atoms with van der Waals surface area (Å²) in [5.74, 6) is 0.516. The number of rotatable bonds is 5. The van der Waals surface area contributed by atoms with Crippen LogP contribution in [-0.2, 0) is 0 Å². The molecule has 0 spiro atoms. The van der Waals surface area contributed by atoms with E-state index in [1.807, 2.05) is 6.92 Å². The summed E-state index contributed by atoms with van der Waals surface area (Å²) in [7, 11) is 3.24. The molecule has 0 N–H and O–H groups in total. The molecule has 6 heteroatoms. The smallest absolute Gasteiger partial charge is 0.269 e. The van der Waals surface area contributed by atoms with Gasteiger partial charge in [-0.3, -0.25) is 14.9 Å². The molecule has 0 aliphatic rings. The Bertz CT molecular complexity index is 713. The van der Waals surface area contributed by atoms with Crippen molar-refractivity contribution in [1.82, 2.24) is 4.90 Å². The van der Waals surface area contributed by atoms with E-state index in [0.29, 0.717) is 16.9 Å². The zero-order chi connectivity index (χ0) is 17.0. The Morgan fingerprint density at radius 3 is 2.43 bits per heavy atom. The van der Waals surface area contributed by atoms with Gasteiger partial charge in [-0.25, -0.2) is 0 Å². The lowest BCUT2D eigenvalue weighted by Gasteiger charge is -2.25. The van der Waals surface area contributed by atoms with Gasteiger partial charge in [0.1, 0.15) is 5.75 Å². The molecular weight excluding hydrogens is 296 g/mol. The number of hydrogen-bond acceptors (Lipinski definition) is 4. The number of hydrogen-bond donors (Lipinski definition) is 0. The highest BCUT2D eigenvalue weighted by Crippen LogP contribution is 2.24. The fourth-order valence-corrected chi connectivity index (χ4v) is 2.23. The van der Waals surface area contributed by atoms with Crippen molar-refractivity contribution in [1.29, 1.82) is 0 Å². The Balaban J connectivity index is 2.20. The van der Waals surface area contributed by atoms with Crippen LogP contribution in [0.25, 0.3) is 0 Å². The number of nitro benzene ring substituents is 1. The van der Waals surface area contributed by atoms with E-state index in [1.54, 1.807) is 55.5 Å². The third-order valence-electron chi connectivity index (χ3n) is 3.80. The number of benzene rings is 2. The molecule has 0 saturated carbocycles. The molecule has 23 heavy (non-hydrogen) atoms. The minimum absolute atomic E-state index is 0.0136. The van der Waals surface area contributed by atoms with Crippen LogP contribution in [0, 0.1) is 10.1 Å². The highest BCUT2D eigenvalue weighted by molar-refractivity contribution is 5.94. The number of carbonyl (C=O) groups excluding carboxylic acids is 1. The molecule has 0 fully saturated rings. The van der Waals surface area contributed by atoms with Gasteiger partial charge in [0.25, 0.3) is 11.6 Å². The number of nitrogens with zero attached hydrogens (tertiary/aromatic N) is 2. The van der Waals surface area contributed by atoms with Gasteiger partial charge in [0.2, 0.25) is 0 Å². The van der Waals surface area contributed by atoms with Crippen LogP contribution >= 0.6 is 0 Å². The van der Waals surface area contributed by atoms with E-state index in [-0.39, 0.29) is 17.6 Å². The first-order valence-corrected chi connectivity index (χ1v) is 7.09. The van der Waals surface area contributed by atoms with Crippen molar-refractivity contribution >= 4 is 11.6 Å². The summed E-state index contributed by atoms with van der Waals surface area (Å²) in [5, 5.41) is 10.9. The van der Waals surface area contributed by atoms with Crippen molar-refractivity contribution in [3.63, 3.8) is 0 Å². The average Bonchev–Trinajstić information content (AvgIpc) is 2.60. The molecule has 6 nitrogen and oxygen atoms in total. The molecule has 0 saturated heterocycles. The summed E-state index contributed by atoms with van der Waals surface area (Å²) in [6.45, 7) is 1.83. The van der Waals surface area contributed by atoms with Crippen LogP contribution < -0.4 is 4.74 Å². The number of methoxy groups -OCH3 is 1. The standard InChI is InChI=1S/C17H18N2O4/c1-12(14-5-4-6-15(11-14)19(21)22)18(2)17(20)13-7-9-16(23-3)10-8-13/h4-12H,1-3H3/t12-/m0/s1. The van der Waals surface area contributed by atoms with Gasteiger partial charge in [0, 0.05) is 24.7 Å². The molecule has 0 radical (unpaired) electrons. The quantitative estimate of drug-likeness (QED) is 0.626. The predicted octanol–water partition coefficient (Wildman–Crippen LogP) is 3.44. The van der Waals surface area contributed by atoms with Gasteiger partial charge < -0.3 is 9.64 Å². The molecule has 0 aromatic heterocycles. The average molecular weight is 314 g/mol. The predicted molar refractivity (Wildman–Crippen MR) is 86.6 cm³/mol. The minimum atomic E-state index is -0.443. The second kappa shape index (κ2) is 6.91. The molecule has 0 unspecified atom stereocenters. The molecule has 1 atom stereocenters. The van der Waals surface area contributed by atoms with E-state index in [2.05, 4.69) is 0 Å². The maximum Gasteiger partial charge on any atom is 0.269 e. The van der Waals surface area contributed by atoms with Crippen molar-refractivity contribution in [3.8, 4) is 5.75 Å². The molecule has 0 heterocycles. The van der Waals surface area contributed by atoms with E-state index < -0.39 is 4.92 Å². The second-order valence-corrected chi connectivity index (χ2v) is 5.17. The van der Waals surface area contributed by atoms with Crippen LogP contribution in [0.1, 0.15) is 28.9 Å². The summed E-state index contributed by atoms with van der Waals surface area (Å²) in [4.78, 5) is 24.5. The maximum atomic E-state index is 12.5. The van der Waals surface area contributed by atoms with Gasteiger partial charge in [-0.15, -0.1) is 0 Å². The van der Waals surface area contributed by atoms with Crippen LogP contribution in [0.15, 0.2) is 48.5 Å². The summed E-state index contributed by atoms with van der Waals surface area (Å²) in [6.07, 6.45) is 0. The van der Waals surface area contributed by atoms with E-state index in [9.17, 15) is 14.9 Å². The highest BCUT2D eigenvalue weighted by atomic mass is 16.6. The first-order chi connectivity index (χ1) is 10.9. The Morgan fingerprint density at radius 2 is 1.87 bits per heavy atom. The van der Waals surface area contributed by atoms with Gasteiger partial charge in [-0.05, 0) is 36.8 Å². The summed E-state index contributed by atoms with van der Waals surface area (Å²) < 4.78 is 5.07. The zero-order valence-corrected chi connectivity index (χ0v) is 13.2. The first kappa shape index (κ1) is 16.5. The fourth-order valence-electron chi connectivity index (χ4n) is 2.23. The van der Waals surface area contributed by atoms with Crippen molar-refractivity contribution < 1.29 is 14.5 Å². The second-order valence-electron chi connectivity index (χ2n) is 5.17. The lowest BCUT2D eigenvalue weighted by Crippen LogP contribution is -2.29. The van der Waals surface area contributed by atoms with Crippen LogP contribution in [0.3, 0.4) is 0 Å². The highest BCUT2D eigenvalue weighted by Gasteiger charge is 2.20. The lowest BCUT2D eigenvalue weighted by molar-refractivity contribution is -0.384. The molecule has 1 amide bonds. The summed E-state index contributed by atoms with van der Waals surface area (Å²) in [6, 6.07) is 12.9. The number of ether oxygens (including phenoxy) is 1. The molecule has 2 aromatic carbocycles. The van der Waals surface area contributed by atoms with Crippen LogP contribution in [0.5, 0.6) is 5.75 Å². The first-order valence-electron chi connectivity index (χ1n) is 7.09. The SMILES string of the molecule is COc1ccc(C(=O)N(C)[C@@H](C)c2cccc([N+](=O)[O-])c2)cc1. The fraction of sp³-hybridized carbons (Fsp3) is 0.235. The Morgan fingerprint density at radius 1 is 1.22 bits per heavy atom. The lowest BCUT2D eigenvalue weighted by atomic mass is 10.1. The van der Waals surface area contributed by atoms with E-state index >= 15 is 0 Å². The molecule has 2 aromatic rings. The normalized spacial score (nSPS) is 11.6. The van der Waals surface area contributed by atoms with E-state index in [0.717, 1.165) is 0 Å². The number of amides is 1. The van der Waals surface area contributed by atoms with Crippen molar-refractivity contribution in [2.24, 2.45) is 0 Å². The minimum Gasteiger partial charge on any atom is -0.497 e. The number of nitro groups is 1. The van der Waals surface area contributed by atoms with Crippen LogP contribution in [0.2, 0.25) is 0 Å². The zero-order valence-electron chi connectivity index (χ0n) is 13.2. The van der Waals surface area contributed by atoms with Gasteiger partial charge in [-0.2, -0.15) is 0 Å². The number of non-ortho nitro benzene ring substituents is 1. The number of carbonyl (C=O) groups is 1. The molecule has 2 rings (SSSR count). The van der Waals surface area contributed by atoms with Crippen LogP contribution in [0.4, 0.5) is 5.69 Å².